The van der Waals surface area contributed by atoms with Gasteiger partial charge in [-0.2, -0.15) is 0 Å². The van der Waals surface area contributed by atoms with Gasteiger partial charge in [-0.1, -0.05) is 6.07 Å². The topological polar surface area (TPSA) is 110 Å². The van der Waals surface area contributed by atoms with E-state index in [9.17, 15) is 14.7 Å². The predicted molar refractivity (Wildman–Crippen MR) is 68.8 cm³/mol. The third-order valence-electron chi connectivity index (χ3n) is 1.79. The highest BCUT2D eigenvalue weighted by atomic mass is 16.6. The first-order valence-electron chi connectivity index (χ1n) is 5.54. The van der Waals surface area contributed by atoms with E-state index in [1.807, 2.05) is 0 Å². The molecule has 0 atom stereocenters. The molecule has 1 rings (SSSR count). The van der Waals surface area contributed by atoms with Crippen molar-refractivity contribution in [2.24, 2.45) is 0 Å². The Morgan fingerprint density at radius 1 is 1.00 bits per heavy atom. The lowest BCUT2D eigenvalue weighted by Crippen LogP contribution is -2.05. The van der Waals surface area contributed by atoms with E-state index in [-0.39, 0.29) is 17.2 Å². The Morgan fingerprint density at radius 3 is 1.85 bits per heavy atom. The number of aromatic hydroxyl groups is 1. The van der Waals surface area contributed by atoms with E-state index in [1.54, 1.807) is 13.0 Å². The first-order valence-corrected chi connectivity index (χ1v) is 5.54. The van der Waals surface area contributed by atoms with Crippen LogP contribution in [0.4, 0.5) is 0 Å². The van der Waals surface area contributed by atoms with Crippen LogP contribution in [0.5, 0.6) is 17.2 Å². The lowest BCUT2D eigenvalue weighted by Gasteiger charge is -2.10. The standard InChI is InChI=1S/C11H12O5.C2H4O2/c1-6-4-5-9(15-7(2)12)10(14)11(6)16-8(3)13;1-2(3)4/h4-5,14H,1-3H3;1H3,(H,3,4). The molecule has 7 nitrogen and oxygen atoms in total. The zero-order valence-electron chi connectivity index (χ0n) is 11.6. The quantitative estimate of drug-likeness (QED) is 0.627. The third kappa shape index (κ3) is 6.39. The zero-order chi connectivity index (χ0) is 15.9. The number of carbonyl (C=O) groups excluding carboxylic acids is 2. The van der Waals surface area contributed by atoms with Crippen LogP contribution in [0.1, 0.15) is 26.3 Å². The number of phenolic OH excluding ortho intramolecular Hbond substituents is 1. The molecule has 0 aliphatic rings. The highest BCUT2D eigenvalue weighted by Crippen LogP contribution is 2.38. The van der Waals surface area contributed by atoms with E-state index in [0.717, 1.165) is 6.92 Å². The maximum absolute atomic E-state index is 10.8. The molecule has 0 fully saturated rings. The number of hydrogen-bond acceptors (Lipinski definition) is 6. The average molecular weight is 284 g/mol. The van der Waals surface area contributed by atoms with E-state index in [2.05, 4.69) is 0 Å². The Bertz CT molecular complexity index is 516. The number of benzene rings is 1. The largest absolute Gasteiger partial charge is 0.502 e. The highest BCUT2D eigenvalue weighted by molar-refractivity contribution is 5.74. The van der Waals surface area contributed by atoms with Crippen LogP contribution in [-0.4, -0.2) is 28.1 Å². The zero-order valence-corrected chi connectivity index (χ0v) is 11.6. The van der Waals surface area contributed by atoms with E-state index in [0.29, 0.717) is 5.56 Å². The Morgan fingerprint density at radius 2 is 1.45 bits per heavy atom. The Kier molecular flexibility index (Phi) is 6.78. The summed E-state index contributed by atoms with van der Waals surface area (Å²) in [7, 11) is 0. The van der Waals surface area contributed by atoms with Gasteiger partial charge in [-0.15, -0.1) is 0 Å². The van der Waals surface area contributed by atoms with Gasteiger partial charge in [0.2, 0.25) is 5.75 Å². The molecule has 0 spiro atoms. The van der Waals surface area contributed by atoms with Crippen LogP contribution in [0, 0.1) is 6.92 Å². The molecule has 0 bridgehead atoms. The molecule has 2 N–H and O–H groups in total. The molecule has 0 aliphatic heterocycles. The summed E-state index contributed by atoms with van der Waals surface area (Å²) in [4.78, 5) is 30.6. The van der Waals surface area contributed by atoms with Gasteiger partial charge in [-0.3, -0.25) is 14.4 Å². The van der Waals surface area contributed by atoms with Gasteiger partial charge in [-0.05, 0) is 18.6 Å². The second kappa shape index (κ2) is 7.78. The van der Waals surface area contributed by atoms with Gasteiger partial charge in [0.05, 0.1) is 0 Å². The smallest absolute Gasteiger partial charge is 0.308 e. The molecule has 0 unspecified atom stereocenters. The molecule has 0 saturated heterocycles. The minimum atomic E-state index is -0.833. The lowest BCUT2D eigenvalue weighted by atomic mass is 10.2. The molecule has 7 heteroatoms. The predicted octanol–water partition coefficient (Wildman–Crippen LogP) is 1.64. The molecular formula is C13H16O7. The number of carboxylic acid groups (broad SMARTS) is 1. The van der Waals surface area contributed by atoms with Crippen LogP contribution in [0.15, 0.2) is 12.1 Å². The number of hydrogen-bond donors (Lipinski definition) is 2. The Labute approximate surface area is 115 Å². The van der Waals surface area contributed by atoms with Gasteiger partial charge in [0.15, 0.2) is 11.5 Å². The normalized spacial score (nSPS) is 9.00. The first kappa shape index (κ1) is 17.4. The third-order valence-corrected chi connectivity index (χ3v) is 1.79. The van der Waals surface area contributed by atoms with Crippen LogP contribution < -0.4 is 9.47 Å². The maximum atomic E-state index is 10.8. The van der Waals surface area contributed by atoms with E-state index in [1.165, 1.54) is 19.9 Å². The maximum Gasteiger partial charge on any atom is 0.308 e. The number of esters is 2. The SMILES string of the molecule is CC(=O)O.CC(=O)Oc1ccc(C)c(OC(C)=O)c1O. The van der Waals surface area contributed by atoms with Crippen LogP contribution >= 0.6 is 0 Å². The van der Waals surface area contributed by atoms with E-state index < -0.39 is 17.9 Å². The summed E-state index contributed by atoms with van der Waals surface area (Å²) in [5.41, 5.74) is 0.573. The summed E-state index contributed by atoms with van der Waals surface area (Å²) in [5, 5.41) is 17.1. The average Bonchev–Trinajstić information content (AvgIpc) is 2.27. The van der Waals surface area contributed by atoms with Crippen molar-refractivity contribution in [3.05, 3.63) is 17.7 Å². The van der Waals surface area contributed by atoms with E-state index >= 15 is 0 Å². The summed E-state index contributed by atoms with van der Waals surface area (Å²) < 4.78 is 9.56. The van der Waals surface area contributed by atoms with Crippen LogP contribution in [-0.2, 0) is 14.4 Å². The number of ether oxygens (including phenoxy) is 2. The van der Waals surface area contributed by atoms with Crippen LogP contribution in [0.25, 0.3) is 0 Å². The van der Waals surface area contributed by atoms with Gasteiger partial charge in [-0.25, -0.2) is 0 Å². The van der Waals surface area contributed by atoms with Crippen molar-refractivity contribution in [2.75, 3.05) is 0 Å². The highest BCUT2D eigenvalue weighted by Gasteiger charge is 2.15. The summed E-state index contributed by atoms with van der Waals surface area (Å²) >= 11 is 0. The van der Waals surface area contributed by atoms with Crippen molar-refractivity contribution in [3.8, 4) is 17.2 Å². The van der Waals surface area contributed by atoms with Crippen LogP contribution in [0.2, 0.25) is 0 Å². The molecule has 0 aromatic heterocycles. The lowest BCUT2D eigenvalue weighted by molar-refractivity contribution is -0.135. The number of aliphatic carboxylic acids is 1. The Balaban J connectivity index is 0.000000796. The van der Waals surface area contributed by atoms with Crippen molar-refractivity contribution in [2.45, 2.75) is 27.7 Å². The summed E-state index contributed by atoms with van der Waals surface area (Å²) in [5.74, 6) is -2.34. The van der Waals surface area contributed by atoms with Crippen LogP contribution in [0.3, 0.4) is 0 Å². The fraction of sp³-hybridized carbons (Fsp3) is 0.308. The summed E-state index contributed by atoms with van der Waals surface area (Å²) in [6.45, 7) is 5.18. The minimum absolute atomic E-state index is 0.00579. The number of aryl methyl sites for hydroxylation is 1. The van der Waals surface area contributed by atoms with Gasteiger partial charge in [0.1, 0.15) is 0 Å². The molecule has 0 aliphatic carbocycles. The fourth-order valence-electron chi connectivity index (χ4n) is 1.16. The molecule has 0 radical (unpaired) electrons. The second-order valence-electron chi connectivity index (χ2n) is 3.76. The minimum Gasteiger partial charge on any atom is -0.502 e. The summed E-state index contributed by atoms with van der Waals surface area (Å²) in [6.07, 6.45) is 0. The molecule has 0 saturated carbocycles. The first-order chi connectivity index (χ1) is 9.15. The molecule has 20 heavy (non-hydrogen) atoms. The molecule has 0 heterocycles. The van der Waals surface area contributed by atoms with Gasteiger partial charge >= 0.3 is 11.9 Å². The Hall–Kier alpha value is -2.57. The number of phenols is 1. The van der Waals surface area contributed by atoms with Crippen molar-refractivity contribution < 1.29 is 34.1 Å². The number of carbonyl (C=O) groups is 3. The van der Waals surface area contributed by atoms with E-state index in [4.69, 9.17) is 19.4 Å². The van der Waals surface area contributed by atoms with Crippen molar-refractivity contribution in [1.29, 1.82) is 0 Å². The number of carboxylic acids is 1. The fourth-order valence-corrected chi connectivity index (χ4v) is 1.16. The van der Waals surface area contributed by atoms with Gasteiger partial charge in [0.25, 0.3) is 5.97 Å². The molecule has 1 aromatic carbocycles. The monoisotopic (exact) mass is 284 g/mol. The summed E-state index contributed by atoms with van der Waals surface area (Å²) in [6, 6.07) is 3.01. The second-order valence-corrected chi connectivity index (χ2v) is 3.76. The molecule has 1 aromatic rings. The van der Waals surface area contributed by atoms with Crippen molar-refractivity contribution in [3.63, 3.8) is 0 Å². The van der Waals surface area contributed by atoms with Crippen molar-refractivity contribution >= 4 is 17.9 Å². The molecule has 0 amide bonds. The van der Waals surface area contributed by atoms with Crippen molar-refractivity contribution in [1.82, 2.24) is 0 Å². The van der Waals surface area contributed by atoms with Gasteiger partial charge in [0, 0.05) is 20.8 Å². The molecular weight excluding hydrogens is 268 g/mol. The van der Waals surface area contributed by atoms with Gasteiger partial charge < -0.3 is 19.7 Å². The molecule has 110 valence electrons. The number of rotatable bonds is 2.